The van der Waals surface area contributed by atoms with Crippen LogP contribution in [0, 0.1) is 17.2 Å². The van der Waals surface area contributed by atoms with E-state index in [1.807, 2.05) is 6.07 Å². The Morgan fingerprint density at radius 1 is 1.12 bits per heavy atom. The third-order valence-corrected chi connectivity index (χ3v) is 4.52. The first kappa shape index (κ1) is 17.8. The zero-order valence-corrected chi connectivity index (χ0v) is 14.3. The van der Waals surface area contributed by atoms with E-state index in [0.717, 1.165) is 25.7 Å². The van der Waals surface area contributed by atoms with Gasteiger partial charge < -0.3 is 20.9 Å². The van der Waals surface area contributed by atoms with Gasteiger partial charge in [0, 0.05) is 35.8 Å². The largest absolute Gasteiger partial charge is 0.508 e. The summed E-state index contributed by atoms with van der Waals surface area (Å²) in [6.07, 6.45) is 3.26. The van der Waals surface area contributed by atoms with Crippen molar-refractivity contribution >= 4 is 11.6 Å². The molecule has 26 heavy (non-hydrogen) atoms. The van der Waals surface area contributed by atoms with E-state index in [4.69, 9.17) is 15.7 Å². The van der Waals surface area contributed by atoms with Gasteiger partial charge in [-0.05, 0) is 49.9 Å². The average molecular weight is 351 g/mol. The molecule has 1 amide bonds. The summed E-state index contributed by atoms with van der Waals surface area (Å²) >= 11 is 0. The van der Waals surface area contributed by atoms with Crippen LogP contribution in [0.4, 0.5) is 5.69 Å². The lowest BCUT2D eigenvalue weighted by Crippen LogP contribution is -2.32. The highest BCUT2D eigenvalue weighted by molar-refractivity contribution is 5.93. The molecule has 0 unspecified atom stereocenters. The number of hydrogen-bond acceptors (Lipinski definition) is 5. The predicted octanol–water partition coefficient (Wildman–Crippen LogP) is 3.51. The summed E-state index contributed by atoms with van der Waals surface area (Å²) in [5.74, 6) is 0.813. The van der Waals surface area contributed by atoms with Gasteiger partial charge >= 0.3 is 0 Å². The molecule has 134 valence electrons. The first-order valence-electron chi connectivity index (χ1n) is 8.62. The fraction of sp³-hybridized carbons (Fsp3) is 0.300. The second-order valence-corrected chi connectivity index (χ2v) is 6.55. The van der Waals surface area contributed by atoms with E-state index >= 15 is 0 Å². The van der Waals surface area contributed by atoms with E-state index in [-0.39, 0.29) is 23.6 Å². The van der Waals surface area contributed by atoms with E-state index in [2.05, 4.69) is 5.32 Å². The van der Waals surface area contributed by atoms with Gasteiger partial charge in [-0.25, -0.2) is 0 Å². The summed E-state index contributed by atoms with van der Waals surface area (Å²) in [5, 5.41) is 21.6. The van der Waals surface area contributed by atoms with Gasteiger partial charge in [-0.2, -0.15) is 5.26 Å². The number of ether oxygens (including phenoxy) is 1. The van der Waals surface area contributed by atoms with Gasteiger partial charge in [0.2, 0.25) is 5.91 Å². The van der Waals surface area contributed by atoms with Crippen molar-refractivity contribution in [1.29, 1.82) is 5.26 Å². The maximum Gasteiger partial charge on any atom is 0.227 e. The number of amides is 1. The van der Waals surface area contributed by atoms with Gasteiger partial charge in [-0.1, -0.05) is 0 Å². The molecule has 0 bridgehead atoms. The number of nitrogens with zero attached hydrogens (tertiary/aromatic N) is 1. The Kier molecular flexibility index (Phi) is 5.40. The van der Waals surface area contributed by atoms with Crippen LogP contribution in [-0.2, 0) is 4.79 Å². The first-order chi connectivity index (χ1) is 12.5. The average Bonchev–Trinajstić information content (AvgIpc) is 2.62. The Bertz CT molecular complexity index is 819. The van der Waals surface area contributed by atoms with Crippen molar-refractivity contribution in [3.8, 4) is 23.3 Å². The minimum absolute atomic E-state index is 0.00267. The maximum atomic E-state index is 12.4. The number of phenolic OH excluding ortho intramolecular Hbond substituents is 1. The number of anilines is 1. The van der Waals surface area contributed by atoms with Gasteiger partial charge in [0.1, 0.15) is 17.2 Å². The monoisotopic (exact) mass is 351 g/mol. The summed E-state index contributed by atoms with van der Waals surface area (Å²) in [7, 11) is 0. The number of nitrogens with two attached hydrogens (primary N) is 1. The second-order valence-electron chi connectivity index (χ2n) is 6.55. The molecule has 1 saturated carbocycles. The number of carbonyl (C=O) groups excluding carboxylic acids is 1. The molecule has 6 nitrogen and oxygen atoms in total. The summed E-state index contributed by atoms with van der Waals surface area (Å²) in [5.41, 5.74) is 6.90. The lowest BCUT2D eigenvalue weighted by Gasteiger charge is -2.25. The fourth-order valence-electron chi connectivity index (χ4n) is 3.07. The van der Waals surface area contributed by atoms with Crippen LogP contribution in [-0.4, -0.2) is 17.1 Å². The van der Waals surface area contributed by atoms with E-state index in [9.17, 15) is 9.90 Å². The molecular weight excluding hydrogens is 330 g/mol. The van der Waals surface area contributed by atoms with Crippen molar-refractivity contribution in [3.63, 3.8) is 0 Å². The van der Waals surface area contributed by atoms with Crippen LogP contribution < -0.4 is 15.8 Å². The zero-order valence-electron chi connectivity index (χ0n) is 14.3. The van der Waals surface area contributed by atoms with Crippen LogP contribution in [0.25, 0.3) is 0 Å². The molecule has 1 aliphatic rings. The Hall–Kier alpha value is -3.04. The van der Waals surface area contributed by atoms with Gasteiger partial charge in [0.15, 0.2) is 0 Å². The van der Waals surface area contributed by atoms with E-state index in [1.165, 1.54) is 12.1 Å². The molecule has 6 heteroatoms. The zero-order chi connectivity index (χ0) is 18.5. The maximum absolute atomic E-state index is 12.4. The van der Waals surface area contributed by atoms with Crippen molar-refractivity contribution in [2.45, 2.75) is 31.7 Å². The van der Waals surface area contributed by atoms with Crippen molar-refractivity contribution in [2.75, 3.05) is 5.32 Å². The molecule has 0 saturated heterocycles. The molecule has 0 spiro atoms. The number of rotatable bonds is 4. The van der Waals surface area contributed by atoms with Gasteiger partial charge in [0.05, 0.1) is 11.6 Å². The molecule has 0 atom stereocenters. The summed E-state index contributed by atoms with van der Waals surface area (Å²) in [6, 6.07) is 13.5. The van der Waals surface area contributed by atoms with Crippen molar-refractivity contribution in [3.05, 3.63) is 48.0 Å². The number of phenols is 1. The van der Waals surface area contributed by atoms with Crippen molar-refractivity contribution in [1.82, 2.24) is 0 Å². The van der Waals surface area contributed by atoms with Crippen LogP contribution in [0.5, 0.6) is 17.2 Å². The number of hydrogen-bond donors (Lipinski definition) is 3. The van der Waals surface area contributed by atoms with Gasteiger partial charge in [0.25, 0.3) is 0 Å². The predicted molar refractivity (Wildman–Crippen MR) is 97.9 cm³/mol. The third kappa shape index (κ3) is 4.52. The Morgan fingerprint density at radius 2 is 1.81 bits per heavy atom. The molecule has 1 aliphatic carbocycles. The Balaban J connectivity index is 1.68. The highest BCUT2D eigenvalue weighted by atomic mass is 16.5. The Morgan fingerprint density at radius 3 is 2.46 bits per heavy atom. The second kappa shape index (κ2) is 7.89. The molecule has 0 radical (unpaired) electrons. The van der Waals surface area contributed by atoms with Gasteiger partial charge in [-0.15, -0.1) is 0 Å². The van der Waals surface area contributed by atoms with Gasteiger partial charge in [-0.3, -0.25) is 4.79 Å². The highest BCUT2D eigenvalue weighted by Crippen LogP contribution is 2.30. The van der Waals surface area contributed by atoms with Crippen molar-refractivity contribution in [2.24, 2.45) is 11.7 Å². The van der Waals surface area contributed by atoms with E-state index in [1.54, 1.807) is 30.3 Å². The van der Waals surface area contributed by atoms with Crippen LogP contribution >= 0.6 is 0 Å². The van der Waals surface area contributed by atoms with E-state index < -0.39 is 0 Å². The molecule has 0 aromatic heterocycles. The summed E-state index contributed by atoms with van der Waals surface area (Å²) in [4.78, 5) is 12.4. The minimum atomic E-state index is -0.0631. The lowest BCUT2D eigenvalue weighted by molar-refractivity contribution is -0.120. The molecular formula is C20H21N3O3. The molecule has 0 aliphatic heterocycles. The van der Waals surface area contributed by atoms with Crippen LogP contribution in [0.1, 0.15) is 31.2 Å². The minimum Gasteiger partial charge on any atom is -0.508 e. The standard InChI is InChI=1S/C20H21N3O3/c21-12-13-1-7-18(8-2-13)26-19-10-16(9-17(24)11-19)23-20(25)14-3-5-15(22)6-4-14/h1-2,7-11,14-15,24H,3-6,22H2,(H,23,25). The fourth-order valence-corrected chi connectivity index (χ4v) is 3.07. The molecule has 2 aromatic carbocycles. The molecule has 1 fully saturated rings. The lowest BCUT2D eigenvalue weighted by atomic mass is 9.86. The smallest absolute Gasteiger partial charge is 0.227 e. The molecule has 2 aromatic rings. The van der Waals surface area contributed by atoms with E-state index in [0.29, 0.717) is 22.7 Å². The molecule has 4 N–H and O–H groups in total. The molecule has 0 heterocycles. The van der Waals surface area contributed by atoms with Crippen molar-refractivity contribution < 1.29 is 14.6 Å². The summed E-state index contributed by atoms with van der Waals surface area (Å²) < 4.78 is 5.70. The third-order valence-electron chi connectivity index (χ3n) is 4.52. The number of carbonyl (C=O) groups is 1. The topological polar surface area (TPSA) is 108 Å². The summed E-state index contributed by atoms with van der Waals surface area (Å²) in [6.45, 7) is 0. The first-order valence-corrected chi connectivity index (χ1v) is 8.62. The highest BCUT2D eigenvalue weighted by Gasteiger charge is 2.24. The number of benzene rings is 2. The number of nitriles is 1. The SMILES string of the molecule is N#Cc1ccc(Oc2cc(O)cc(NC(=O)C3CCC(N)CC3)c2)cc1. The normalized spacial score (nSPS) is 19.4. The van der Waals surface area contributed by atoms with Crippen LogP contribution in [0.15, 0.2) is 42.5 Å². The molecule has 3 rings (SSSR count). The number of aromatic hydroxyl groups is 1. The number of nitrogens with one attached hydrogen (secondary N) is 1. The Labute approximate surface area is 152 Å². The quantitative estimate of drug-likeness (QED) is 0.781. The van der Waals surface area contributed by atoms with Crippen LogP contribution in [0.2, 0.25) is 0 Å². The van der Waals surface area contributed by atoms with Crippen LogP contribution in [0.3, 0.4) is 0 Å².